The number of rotatable bonds is 19. The Morgan fingerprint density at radius 3 is 2.50 bits per heavy atom. The van der Waals surface area contributed by atoms with E-state index in [0.717, 1.165) is 38.5 Å². The van der Waals surface area contributed by atoms with Crippen molar-refractivity contribution in [2.24, 2.45) is 11.8 Å². The van der Waals surface area contributed by atoms with Gasteiger partial charge in [0.05, 0.1) is 19.4 Å². The van der Waals surface area contributed by atoms with Gasteiger partial charge in [-0.2, -0.15) is 0 Å². The van der Waals surface area contributed by atoms with Crippen LogP contribution in [0.15, 0.2) is 24.8 Å². The SMILES string of the molecule is C=CCCC(=O)N(c1cc(OCCCC(=O)NO)c(OC)cc1C(C)=O)C(OC1CCCCO1)C(C)CCCC(C)C. The van der Waals surface area contributed by atoms with Crippen LogP contribution in [-0.4, -0.2) is 55.6 Å². The number of hydroxylamine groups is 1. The number of Topliss-reactive ketones (excluding diaryl/α,β-unsaturated/α-hetero) is 1. The second-order valence-electron chi connectivity index (χ2n) is 11.3. The lowest BCUT2D eigenvalue weighted by atomic mass is 9.96. The Kier molecular flexibility index (Phi) is 15.6. The highest BCUT2D eigenvalue weighted by molar-refractivity contribution is 6.05. The number of nitrogens with one attached hydrogen (secondary N) is 1. The summed E-state index contributed by atoms with van der Waals surface area (Å²) in [5.41, 5.74) is 2.28. The fourth-order valence-electron chi connectivity index (χ4n) is 4.95. The summed E-state index contributed by atoms with van der Waals surface area (Å²) in [5.74, 6) is 0.174. The molecule has 2 amide bonds. The number of nitrogens with zero attached hydrogens (tertiary/aromatic N) is 1. The van der Waals surface area contributed by atoms with Gasteiger partial charge in [-0.1, -0.05) is 39.7 Å². The number of methoxy groups -OCH3 is 1. The van der Waals surface area contributed by atoms with Crippen LogP contribution in [0.3, 0.4) is 0 Å². The summed E-state index contributed by atoms with van der Waals surface area (Å²) < 4.78 is 24.1. The molecule has 10 heteroatoms. The second kappa shape index (κ2) is 18.6. The Morgan fingerprint density at radius 1 is 1.14 bits per heavy atom. The lowest BCUT2D eigenvalue weighted by Crippen LogP contribution is -2.49. The summed E-state index contributed by atoms with van der Waals surface area (Å²) in [6, 6.07) is 3.23. The number of hydrogen-bond acceptors (Lipinski definition) is 8. The third-order valence-electron chi connectivity index (χ3n) is 7.29. The summed E-state index contributed by atoms with van der Waals surface area (Å²) in [5, 5.41) is 8.77. The summed E-state index contributed by atoms with van der Waals surface area (Å²) in [6.07, 6.45) is 7.09. The molecule has 2 N–H and O–H groups in total. The monoisotopic (exact) mass is 590 g/mol. The molecule has 236 valence electrons. The standard InChI is InChI=1S/C32H50N2O8/c1-7-8-16-30(37)34(32(23(4)14-11-13-22(2)3)42-31-17-9-10-18-41-31)26-21-28(40-19-12-15-29(36)33-38)27(39-6)20-25(26)24(5)35/h7,20-23,31-32,38H,1,8-19H2,2-6H3,(H,33,36). The van der Waals surface area contributed by atoms with Crippen LogP contribution < -0.4 is 19.9 Å². The number of ketones is 1. The first kappa shape index (κ1) is 35.2. The molecule has 0 aromatic heterocycles. The Labute approximate surface area is 250 Å². The Bertz CT molecular complexity index is 1020. The molecule has 1 aliphatic heterocycles. The van der Waals surface area contributed by atoms with Crippen molar-refractivity contribution in [2.75, 3.05) is 25.2 Å². The van der Waals surface area contributed by atoms with Crippen LogP contribution in [0.5, 0.6) is 11.5 Å². The Balaban J connectivity index is 2.59. The zero-order chi connectivity index (χ0) is 31.1. The molecule has 1 saturated heterocycles. The van der Waals surface area contributed by atoms with Crippen molar-refractivity contribution in [3.8, 4) is 11.5 Å². The van der Waals surface area contributed by atoms with Gasteiger partial charge in [-0.05, 0) is 57.4 Å². The Hall–Kier alpha value is -2.95. The highest BCUT2D eigenvalue weighted by Gasteiger charge is 2.35. The zero-order valence-electron chi connectivity index (χ0n) is 26.0. The van der Waals surface area contributed by atoms with Gasteiger partial charge in [0.15, 0.2) is 23.6 Å². The number of carbonyl (C=O) groups is 3. The number of amides is 2. The summed E-state index contributed by atoms with van der Waals surface area (Å²) in [6.45, 7) is 12.4. The maximum absolute atomic E-state index is 14.0. The van der Waals surface area contributed by atoms with Gasteiger partial charge in [-0.3, -0.25) is 24.5 Å². The molecule has 0 bridgehead atoms. The molecule has 0 saturated carbocycles. The fourth-order valence-corrected chi connectivity index (χ4v) is 4.95. The average molecular weight is 591 g/mol. The van der Waals surface area contributed by atoms with Crippen molar-refractivity contribution in [1.29, 1.82) is 0 Å². The van der Waals surface area contributed by atoms with E-state index in [1.807, 2.05) is 0 Å². The van der Waals surface area contributed by atoms with E-state index in [0.29, 0.717) is 48.1 Å². The Morgan fingerprint density at radius 2 is 1.90 bits per heavy atom. The average Bonchev–Trinajstić information content (AvgIpc) is 2.97. The highest BCUT2D eigenvalue weighted by atomic mass is 16.7. The maximum Gasteiger partial charge on any atom is 0.243 e. The minimum absolute atomic E-state index is 0.0640. The quantitative estimate of drug-likeness (QED) is 0.0488. The third kappa shape index (κ3) is 11.0. The van der Waals surface area contributed by atoms with Crippen molar-refractivity contribution in [1.82, 2.24) is 5.48 Å². The van der Waals surface area contributed by atoms with Gasteiger partial charge >= 0.3 is 0 Å². The predicted octanol–water partition coefficient (Wildman–Crippen LogP) is 6.19. The predicted molar refractivity (Wildman–Crippen MR) is 161 cm³/mol. The molecule has 0 spiro atoms. The number of allylic oxidation sites excluding steroid dienone is 1. The van der Waals surface area contributed by atoms with E-state index in [1.165, 1.54) is 14.0 Å². The highest BCUT2D eigenvalue weighted by Crippen LogP contribution is 2.39. The molecule has 10 nitrogen and oxygen atoms in total. The molecule has 1 aliphatic rings. The van der Waals surface area contributed by atoms with Gasteiger partial charge in [0.1, 0.15) is 6.23 Å². The van der Waals surface area contributed by atoms with Gasteiger partial charge in [0, 0.05) is 37.0 Å². The molecule has 1 aromatic rings. The van der Waals surface area contributed by atoms with Crippen LogP contribution in [0.25, 0.3) is 0 Å². The number of carbonyl (C=O) groups excluding carboxylic acids is 3. The molecule has 42 heavy (non-hydrogen) atoms. The van der Waals surface area contributed by atoms with Crippen LogP contribution in [0.4, 0.5) is 5.69 Å². The molecule has 0 radical (unpaired) electrons. The molecular formula is C32H50N2O8. The van der Waals surface area contributed by atoms with Gasteiger partial charge in [0.25, 0.3) is 0 Å². The van der Waals surface area contributed by atoms with Crippen molar-refractivity contribution in [3.05, 3.63) is 30.4 Å². The van der Waals surface area contributed by atoms with Crippen molar-refractivity contribution < 1.29 is 38.5 Å². The van der Waals surface area contributed by atoms with E-state index in [4.69, 9.17) is 24.2 Å². The number of benzene rings is 1. The molecule has 1 fully saturated rings. The molecule has 0 aliphatic carbocycles. The van der Waals surface area contributed by atoms with Crippen LogP contribution >= 0.6 is 0 Å². The fraction of sp³-hybridized carbons (Fsp3) is 0.656. The third-order valence-corrected chi connectivity index (χ3v) is 7.29. The van der Waals surface area contributed by atoms with Gasteiger partial charge in [0.2, 0.25) is 11.8 Å². The van der Waals surface area contributed by atoms with Crippen LogP contribution in [0.1, 0.15) is 102 Å². The maximum atomic E-state index is 14.0. The molecule has 3 unspecified atom stereocenters. The minimum Gasteiger partial charge on any atom is -0.493 e. The number of anilines is 1. The zero-order valence-corrected chi connectivity index (χ0v) is 26.0. The first-order valence-electron chi connectivity index (χ1n) is 15.1. The second-order valence-corrected chi connectivity index (χ2v) is 11.3. The molecule has 2 rings (SSSR count). The lowest BCUT2D eigenvalue weighted by Gasteiger charge is -2.39. The van der Waals surface area contributed by atoms with Gasteiger partial charge in [-0.15, -0.1) is 6.58 Å². The smallest absolute Gasteiger partial charge is 0.243 e. The van der Waals surface area contributed by atoms with Crippen molar-refractivity contribution in [3.63, 3.8) is 0 Å². The lowest BCUT2D eigenvalue weighted by molar-refractivity contribution is -0.198. The van der Waals surface area contributed by atoms with Gasteiger partial charge < -0.3 is 18.9 Å². The molecule has 1 aromatic carbocycles. The molecule has 1 heterocycles. The summed E-state index contributed by atoms with van der Waals surface area (Å²) in [4.78, 5) is 40.0. The summed E-state index contributed by atoms with van der Waals surface area (Å²) in [7, 11) is 1.47. The normalized spacial score (nSPS) is 16.4. The largest absolute Gasteiger partial charge is 0.493 e. The minimum atomic E-state index is -0.690. The van der Waals surface area contributed by atoms with E-state index >= 15 is 0 Å². The first-order valence-corrected chi connectivity index (χ1v) is 15.1. The van der Waals surface area contributed by atoms with Crippen molar-refractivity contribution >= 4 is 23.3 Å². The van der Waals surface area contributed by atoms with Gasteiger partial charge in [-0.25, -0.2) is 5.48 Å². The van der Waals surface area contributed by atoms with E-state index in [2.05, 4.69) is 27.4 Å². The van der Waals surface area contributed by atoms with E-state index in [-0.39, 0.29) is 37.1 Å². The number of ether oxygens (including phenoxy) is 4. The molecule has 3 atom stereocenters. The van der Waals surface area contributed by atoms with Crippen LogP contribution in [0, 0.1) is 11.8 Å². The van der Waals surface area contributed by atoms with Crippen LogP contribution in [-0.2, 0) is 19.1 Å². The van der Waals surface area contributed by atoms with Crippen LogP contribution in [0.2, 0.25) is 0 Å². The summed E-state index contributed by atoms with van der Waals surface area (Å²) >= 11 is 0. The topological polar surface area (TPSA) is 124 Å². The van der Waals surface area contributed by atoms with E-state index < -0.39 is 18.4 Å². The molecular weight excluding hydrogens is 540 g/mol. The van der Waals surface area contributed by atoms with E-state index in [1.54, 1.807) is 28.6 Å². The van der Waals surface area contributed by atoms with Crippen molar-refractivity contribution in [2.45, 2.75) is 104 Å². The van der Waals surface area contributed by atoms with E-state index in [9.17, 15) is 14.4 Å². The number of hydrogen-bond donors (Lipinski definition) is 2. The first-order chi connectivity index (χ1) is 20.1.